The Morgan fingerprint density at radius 2 is 1.62 bits per heavy atom. The van der Waals surface area contributed by atoms with Gasteiger partial charge in [-0.25, -0.2) is 4.39 Å². The highest BCUT2D eigenvalue weighted by Gasteiger charge is 2.39. The molecule has 0 radical (unpaired) electrons. The van der Waals surface area contributed by atoms with E-state index in [1.54, 1.807) is 0 Å². The van der Waals surface area contributed by atoms with Crippen LogP contribution in [0.2, 0.25) is 0 Å². The van der Waals surface area contributed by atoms with Crippen molar-refractivity contribution in [1.82, 2.24) is 14.4 Å². The lowest BCUT2D eigenvalue weighted by Gasteiger charge is -2.46. The summed E-state index contributed by atoms with van der Waals surface area (Å²) in [5.74, 6) is -0.487. The Labute approximate surface area is 188 Å². The maximum atomic E-state index is 14.1. The largest absolute Gasteiger partial charge is 0.622 e. The molecule has 10 heteroatoms. The second-order valence-corrected chi connectivity index (χ2v) is 9.20. The highest BCUT2D eigenvalue weighted by Crippen LogP contribution is 2.53. The van der Waals surface area contributed by atoms with Gasteiger partial charge in [0.1, 0.15) is 5.82 Å². The minimum Gasteiger partial charge on any atom is -0.622 e. The Balaban J connectivity index is 1.56. The van der Waals surface area contributed by atoms with Crippen LogP contribution in [0.4, 0.5) is 28.9 Å². The zero-order valence-electron chi connectivity index (χ0n) is 17.4. The van der Waals surface area contributed by atoms with Gasteiger partial charge in [0.25, 0.3) is 0 Å². The molecule has 0 bridgehead atoms. The molecule has 1 unspecified atom stereocenters. The van der Waals surface area contributed by atoms with Gasteiger partial charge in [0, 0.05) is 57.8 Å². The van der Waals surface area contributed by atoms with Crippen LogP contribution < -0.4 is 4.65 Å². The van der Waals surface area contributed by atoms with E-state index >= 15 is 0 Å². The van der Waals surface area contributed by atoms with Gasteiger partial charge in [-0.1, -0.05) is 11.8 Å². The smallest absolute Gasteiger partial charge is 0.416 e. The number of hydrogen-bond acceptors (Lipinski definition) is 5. The molecule has 2 aliphatic rings. The van der Waals surface area contributed by atoms with Crippen molar-refractivity contribution in [3.63, 3.8) is 0 Å². The normalized spacial score (nSPS) is 21.9. The van der Waals surface area contributed by atoms with Crippen molar-refractivity contribution < 1.29 is 22.7 Å². The standard InChI is InChI=1S/C22H25F4N3O2S/c23-17-3-4-18-21(15-17)32-20-5-2-16(22(24,25)26)14-19(20)29(18,31)12-1-6-27-7-9-28(10-8-27)11-13-30/h2-5,14-15,30H,1,6-13H2. The van der Waals surface area contributed by atoms with Crippen molar-refractivity contribution in [2.24, 2.45) is 0 Å². The average molecular weight is 472 g/mol. The van der Waals surface area contributed by atoms with Crippen molar-refractivity contribution in [3.8, 4) is 0 Å². The summed E-state index contributed by atoms with van der Waals surface area (Å²) in [4.78, 5) is 5.24. The van der Waals surface area contributed by atoms with E-state index in [2.05, 4.69) is 9.80 Å². The predicted molar refractivity (Wildman–Crippen MR) is 116 cm³/mol. The van der Waals surface area contributed by atoms with Crippen molar-refractivity contribution in [1.29, 1.82) is 0 Å². The second-order valence-electron chi connectivity index (χ2n) is 8.12. The zero-order valence-corrected chi connectivity index (χ0v) is 18.3. The van der Waals surface area contributed by atoms with Gasteiger partial charge < -0.3 is 15.2 Å². The number of quaternary nitrogens is 1. The Morgan fingerprint density at radius 1 is 0.938 bits per heavy atom. The lowest BCUT2D eigenvalue weighted by atomic mass is 10.1. The summed E-state index contributed by atoms with van der Waals surface area (Å²) in [5.41, 5.74) is -0.534. The Kier molecular flexibility index (Phi) is 6.81. The first-order chi connectivity index (χ1) is 15.2. The number of nitrogens with zero attached hydrogens (tertiary/aromatic N) is 3. The highest BCUT2D eigenvalue weighted by molar-refractivity contribution is 7.99. The number of halogens is 4. The predicted octanol–water partition coefficient (Wildman–Crippen LogP) is 4.45. The molecule has 2 aromatic carbocycles. The molecule has 0 spiro atoms. The first kappa shape index (κ1) is 23.5. The maximum Gasteiger partial charge on any atom is 0.416 e. The fraction of sp³-hybridized carbons (Fsp3) is 0.455. The number of alkyl halides is 3. The third kappa shape index (κ3) is 4.80. The third-order valence-electron chi connectivity index (χ3n) is 6.03. The lowest BCUT2D eigenvalue weighted by Crippen LogP contribution is -2.48. The molecule has 1 N–H and O–H groups in total. The molecule has 0 amide bonds. The number of hydroxylamine groups is 1. The van der Waals surface area contributed by atoms with Crippen LogP contribution >= 0.6 is 11.8 Å². The number of fused-ring (bicyclic) bond motifs is 2. The number of aliphatic hydroxyl groups is 1. The molecule has 1 saturated heterocycles. The first-order valence-electron chi connectivity index (χ1n) is 10.5. The summed E-state index contributed by atoms with van der Waals surface area (Å²) in [6, 6.07) is 7.06. The van der Waals surface area contributed by atoms with Gasteiger partial charge in [0.2, 0.25) is 0 Å². The van der Waals surface area contributed by atoms with Crippen molar-refractivity contribution in [2.45, 2.75) is 22.4 Å². The van der Waals surface area contributed by atoms with E-state index in [0.29, 0.717) is 29.3 Å². The van der Waals surface area contributed by atoms with Crippen LogP contribution in [0.5, 0.6) is 0 Å². The molecule has 32 heavy (non-hydrogen) atoms. The van der Waals surface area contributed by atoms with Crippen LogP contribution in [0.1, 0.15) is 12.0 Å². The zero-order chi connectivity index (χ0) is 22.9. The summed E-state index contributed by atoms with van der Waals surface area (Å²) >= 11 is 1.13. The molecule has 2 aromatic rings. The van der Waals surface area contributed by atoms with E-state index in [4.69, 9.17) is 5.11 Å². The van der Waals surface area contributed by atoms with Gasteiger partial charge in [-0.15, -0.1) is 0 Å². The molecule has 174 valence electrons. The van der Waals surface area contributed by atoms with Crippen molar-refractivity contribution in [2.75, 3.05) is 52.4 Å². The number of rotatable bonds is 6. The monoisotopic (exact) mass is 471 g/mol. The second kappa shape index (κ2) is 9.28. The highest BCUT2D eigenvalue weighted by atomic mass is 32.2. The number of β-amino-alcohol motifs (C(OH)–C–C–N with tert-alkyl or cyclic N) is 1. The molecular formula is C22H25F4N3O2S. The Hall–Kier alpha value is -1.69. The Morgan fingerprint density at radius 3 is 2.28 bits per heavy atom. The van der Waals surface area contributed by atoms with Gasteiger partial charge in [-0.3, -0.25) is 9.55 Å². The fourth-order valence-electron chi connectivity index (χ4n) is 4.31. The molecule has 5 nitrogen and oxygen atoms in total. The maximum absolute atomic E-state index is 14.1. The molecular weight excluding hydrogens is 446 g/mol. The van der Waals surface area contributed by atoms with Gasteiger partial charge in [-0.2, -0.15) is 13.2 Å². The number of piperazine rings is 1. The van der Waals surface area contributed by atoms with Gasteiger partial charge in [-0.05, 0) is 24.3 Å². The lowest BCUT2D eigenvalue weighted by molar-refractivity contribution is -0.137. The van der Waals surface area contributed by atoms with Crippen LogP contribution in [0.25, 0.3) is 0 Å². The molecule has 1 fully saturated rings. The van der Waals surface area contributed by atoms with Crippen LogP contribution in [0, 0.1) is 11.0 Å². The molecule has 4 rings (SSSR count). The van der Waals surface area contributed by atoms with Crippen LogP contribution in [-0.2, 0) is 6.18 Å². The van der Waals surface area contributed by atoms with Crippen LogP contribution in [0.3, 0.4) is 0 Å². The van der Waals surface area contributed by atoms with Crippen molar-refractivity contribution >= 4 is 23.1 Å². The summed E-state index contributed by atoms with van der Waals surface area (Å²) in [7, 11) is 0. The molecule has 2 heterocycles. The van der Waals surface area contributed by atoms with E-state index in [1.165, 1.54) is 24.3 Å². The van der Waals surface area contributed by atoms with E-state index < -0.39 is 22.2 Å². The van der Waals surface area contributed by atoms with Crippen LogP contribution in [-0.4, -0.2) is 67.3 Å². The van der Waals surface area contributed by atoms with E-state index in [-0.39, 0.29) is 24.5 Å². The van der Waals surface area contributed by atoms with E-state index in [1.807, 2.05) is 0 Å². The molecule has 2 aliphatic heterocycles. The quantitative estimate of drug-likeness (QED) is 0.383. The SMILES string of the molecule is [O-][N+]1(CCCN2CCN(CCO)CC2)c2ccc(F)cc2Sc2ccc(C(F)(F)F)cc21. The third-order valence-corrected chi connectivity index (χ3v) is 7.15. The van der Waals surface area contributed by atoms with E-state index in [0.717, 1.165) is 50.1 Å². The number of benzene rings is 2. The Bertz CT molecular complexity index is 967. The first-order valence-corrected chi connectivity index (χ1v) is 11.4. The van der Waals surface area contributed by atoms with Gasteiger partial charge >= 0.3 is 6.18 Å². The fourth-order valence-corrected chi connectivity index (χ4v) is 5.49. The number of hydrogen-bond donors (Lipinski definition) is 1. The van der Waals surface area contributed by atoms with Gasteiger partial charge in [0.05, 0.1) is 28.5 Å². The minimum absolute atomic E-state index is 0.0525. The molecule has 0 saturated carbocycles. The van der Waals surface area contributed by atoms with Crippen LogP contribution in [0.15, 0.2) is 46.2 Å². The summed E-state index contributed by atoms with van der Waals surface area (Å²) in [6.07, 6.45) is -4.07. The summed E-state index contributed by atoms with van der Waals surface area (Å²) in [5, 5.41) is 23.2. The summed E-state index contributed by atoms with van der Waals surface area (Å²) < 4.78 is 52.8. The molecule has 0 aromatic heterocycles. The molecule has 1 atom stereocenters. The minimum atomic E-state index is -4.55. The molecule has 0 aliphatic carbocycles. The van der Waals surface area contributed by atoms with Crippen molar-refractivity contribution in [3.05, 3.63) is 53.0 Å². The average Bonchev–Trinajstić information content (AvgIpc) is 2.74. The number of aliphatic hydroxyl groups excluding tert-OH is 1. The summed E-state index contributed by atoms with van der Waals surface area (Å²) in [6.45, 7) is 4.74. The van der Waals surface area contributed by atoms with Gasteiger partial charge in [0.15, 0.2) is 11.4 Å². The van der Waals surface area contributed by atoms with E-state index in [9.17, 15) is 22.8 Å². The topological polar surface area (TPSA) is 49.8 Å².